The topological polar surface area (TPSA) is 9.23 Å². The minimum atomic E-state index is 0.0139. The zero-order valence-electron chi connectivity index (χ0n) is 9.27. The van der Waals surface area contributed by atoms with Crippen LogP contribution >= 0.6 is 0 Å². The molecule has 1 nitrogen and oxygen atoms in total. The van der Waals surface area contributed by atoms with Gasteiger partial charge in [0.2, 0.25) is 0 Å². The van der Waals surface area contributed by atoms with Crippen LogP contribution in [0.4, 0.5) is 0 Å². The van der Waals surface area contributed by atoms with Crippen molar-refractivity contribution in [2.24, 2.45) is 5.92 Å². The van der Waals surface area contributed by atoms with E-state index in [9.17, 15) is 0 Å². The van der Waals surface area contributed by atoms with Gasteiger partial charge in [0.05, 0.1) is 12.2 Å². The molecular weight excluding hydrogens is 148 g/mol. The molecule has 1 atom stereocenters. The van der Waals surface area contributed by atoms with Gasteiger partial charge in [-0.05, 0) is 25.3 Å². The van der Waals surface area contributed by atoms with Crippen molar-refractivity contribution in [1.29, 1.82) is 0 Å². The van der Waals surface area contributed by atoms with Gasteiger partial charge in [-0.25, -0.2) is 0 Å². The molecule has 72 valence electrons. The Morgan fingerprint density at radius 1 is 1.42 bits per heavy atom. The first kappa shape index (κ1) is 11.7. The van der Waals surface area contributed by atoms with Gasteiger partial charge in [-0.3, -0.25) is 0 Å². The van der Waals surface area contributed by atoms with Crippen LogP contribution < -0.4 is 0 Å². The van der Waals surface area contributed by atoms with Gasteiger partial charge in [-0.2, -0.15) is 0 Å². The molecule has 0 amide bonds. The van der Waals surface area contributed by atoms with Crippen molar-refractivity contribution in [3.63, 3.8) is 0 Å². The van der Waals surface area contributed by atoms with Crippen LogP contribution in [0.5, 0.6) is 0 Å². The van der Waals surface area contributed by atoms with Gasteiger partial charge in [0.25, 0.3) is 0 Å². The Morgan fingerprint density at radius 2 is 1.92 bits per heavy atom. The average molecular weight is 170 g/mol. The number of ether oxygens (including phenoxy) is 1. The summed E-state index contributed by atoms with van der Waals surface area (Å²) in [7, 11) is 0. The van der Waals surface area contributed by atoms with E-state index in [2.05, 4.69) is 33.8 Å². The van der Waals surface area contributed by atoms with Crippen LogP contribution in [0, 0.1) is 5.92 Å². The molecule has 0 bridgehead atoms. The highest BCUT2D eigenvalue weighted by Gasteiger charge is 2.33. The molecule has 1 aliphatic rings. The summed E-state index contributed by atoms with van der Waals surface area (Å²) in [5.41, 5.74) is 1.39. The second kappa shape index (κ2) is 4.66. The highest BCUT2D eigenvalue weighted by Crippen LogP contribution is 2.33. The summed E-state index contributed by atoms with van der Waals surface area (Å²) < 4.78 is 5.62. The predicted octanol–water partition coefficient (Wildman–Crippen LogP) is 3.40. The maximum Gasteiger partial charge on any atom is 0.0888 e. The molecule has 0 aromatic rings. The van der Waals surface area contributed by atoms with E-state index < -0.39 is 0 Å². The van der Waals surface area contributed by atoms with E-state index in [0.29, 0.717) is 5.92 Å². The molecule has 1 aliphatic heterocycles. The summed E-state index contributed by atoms with van der Waals surface area (Å²) in [5.74, 6) is 0.575. The molecule has 0 radical (unpaired) electrons. The Kier molecular flexibility index (Phi) is 4.54. The highest BCUT2D eigenvalue weighted by atomic mass is 16.5. The molecule has 0 aliphatic carbocycles. The zero-order valence-corrected chi connectivity index (χ0v) is 9.27. The normalized spacial score (nSPS) is 28.1. The maximum absolute atomic E-state index is 5.62. The minimum Gasteiger partial charge on any atom is -0.367 e. The Bertz CT molecular complexity index is 158. The van der Waals surface area contributed by atoms with Crippen molar-refractivity contribution < 1.29 is 4.74 Å². The molecule has 0 aromatic heterocycles. The molecule has 1 heteroatoms. The molecule has 1 unspecified atom stereocenters. The third-order valence-corrected chi connectivity index (χ3v) is 2.66. The van der Waals surface area contributed by atoms with E-state index in [4.69, 9.17) is 4.74 Å². The van der Waals surface area contributed by atoms with Gasteiger partial charge in [0.1, 0.15) is 0 Å². The Hall–Kier alpha value is -0.300. The summed E-state index contributed by atoms with van der Waals surface area (Å²) in [6.07, 6.45) is 2.17. The molecule has 1 heterocycles. The predicted molar refractivity (Wildman–Crippen MR) is 54.3 cm³/mol. The molecule has 0 spiro atoms. The van der Waals surface area contributed by atoms with Gasteiger partial charge in [-0.1, -0.05) is 33.8 Å². The van der Waals surface area contributed by atoms with E-state index >= 15 is 0 Å². The largest absolute Gasteiger partial charge is 0.367 e. The summed E-state index contributed by atoms with van der Waals surface area (Å²) in [5, 5.41) is 0. The van der Waals surface area contributed by atoms with E-state index in [1.54, 1.807) is 0 Å². The summed E-state index contributed by atoms with van der Waals surface area (Å²) in [4.78, 5) is 0. The minimum absolute atomic E-state index is 0.0139. The molecule has 0 saturated carbocycles. The fourth-order valence-electron chi connectivity index (χ4n) is 1.28. The standard InChI is InChI=1S/C9H16O.C2H6/c1-7(2)9(4)8(3)5-6-10-9;1-2/h5,7H,6H2,1-4H3;1-2H3. The molecular formula is C11H22O. The van der Waals surface area contributed by atoms with Crippen LogP contribution in [0.15, 0.2) is 11.6 Å². The molecule has 12 heavy (non-hydrogen) atoms. The molecule has 1 rings (SSSR count). The van der Waals surface area contributed by atoms with Crippen LogP contribution in [0.1, 0.15) is 41.5 Å². The number of rotatable bonds is 1. The summed E-state index contributed by atoms with van der Waals surface area (Å²) in [6, 6.07) is 0. The Balaban J connectivity index is 0.000000561. The van der Waals surface area contributed by atoms with Gasteiger partial charge in [0.15, 0.2) is 0 Å². The lowest BCUT2D eigenvalue weighted by Crippen LogP contribution is -2.32. The van der Waals surface area contributed by atoms with Crippen LogP contribution in [-0.4, -0.2) is 12.2 Å². The SMILES string of the molecule is CC.CC1=CCOC1(C)C(C)C. The lowest BCUT2D eigenvalue weighted by atomic mass is 9.87. The maximum atomic E-state index is 5.62. The van der Waals surface area contributed by atoms with E-state index in [1.807, 2.05) is 13.8 Å². The van der Waals surface area contributed by atoms with Gasteiger partial charge in [0, 0.05) is 0 Å². The van der Waals surface area contributed by atoms with Crippen molar-refractivity contribution in [1.82, 2.24) is 0 Å². The third-order valence-electron chi connectivity index (χ3n) is 2.66. The smallest absolute Gasteiger partial charge is 0.0888 e. The number of hydrogen-bond acceptors (Lipinski definition) is 1. The molecule has 0 aromatic carbocycles. The van der Waals surface area contributed by atoms with E-state index in [1.165, 1.54) is 5.57 Å². The van der Waals surface area contributed by atoms with Crippen molar-refractivity contribution in [2.75, 3.05) is 6.61 Å². The van der Waals surface area contributed by atoms with Crippen molar-refractivity contribution in [3.05, 3.63) is 11.6 Å². The second-order valence-electron chi connectivity index (χ2n) is 3.46. The van der Waals surface area contributed by atoms with Gasteiger partial charge < -0.3 is 4.74 Å². The first-order valence-corrected chi connectivity index (χ1v) is 4.88. The van der Waals surface area contributed by atoms with Gasteiger partial charge >= 0.3 is 0 Å². The number of hydrogen-bond donors (Lipinski definition) is 0. The summed E-state index contributed by atoms with van der Waals surface area (Å²) in [6.45, 7) is 13.5. The quantitative estimate of drug-likeness (QED) is 0.548. The molecule has 0 N–H and O–H groups in total. The van der Waals surface area contributed by atoms with Crippen molar-refractivity contribution in [2.45, 2.75) is 47.1 Å². The van der Waals surface area contributed by atoms with Crippen molar-refractivity contribution >= 4 is 0 Å². The second-order valence-corrected chi connectivity index (χ2v) is 3.46. The highest BCUT2D eigenvalue weighted by molar-refractivity contribution is 5.18. The fraction of sp³-hybridized carbons (Fsp3) is 0.818. The van der Waals surface area contributed by atoms with E-state index in [-0.39, 0.29) is 5.60 Å². The first-order chi connectivity index (χ1) is 5.57. The van der Waals surface area contributed by atoms with Crippen molar-refractivity contribution in [3.8, 4) is 0 Å². The summed E-state index contributed by atoms with van der Waals surface area (Å²) >= 11 is 0. The van der Waals surface area contributed by atoms with Crippen LogP contribution in [-0.2, 0) is 4.74 Å². The van der Waals surface area contributed by atoms with E-state index in [0.717, 1.165) is 6.61 Å². The molecule has 0 saturated heterocycles. The zero-order chi connectivity index (χ0) is 9.78. The first-order valence-electron chi connectivity index (χ1n) is 4.88. The lowest BCUT2D eigenvalue weighted by molar-refractivity contribution is -0.00249. The van der Waals surface area contributed by atoms with Crippen LogP contribution in [0.25, 0.3) is 0 Å². The van der Waals surface area contributed by atoms with Crippen LogP contribution in [0.2, 0.25) is 0 Å². The van der Waals surface area contributed by atoms with Crippen LogP contribution in [0.3, 0.4) is 0 Å². The lowest BCUT2D eigenvalue weighted by Gasteiger charge is -2.30. The monoisotopic (exact) mass is 170 g/mol. The van der Waals surface area contributed by atoms with Gasteiger partial charge in [-0.15, -0.1) is 0 Å². The fourth-order valence-corrected chi connectivity index (χ4v) is 1.28. The Labute approximate surface area is 76.8 Å². The molecule has 0 fully saturated rings. The Morgan fingerprint density at radius 3 is 2.08 bits per heavy atom. The average Bonchev–Trinajstić information content (AvgIpc) is 2.38. The third kappa shape index (κ3) is 2.10.